The van der Waals surface area contributed by atoms with E-state index in [0.717, 1.165) is 12.8 Å². The van der Waals surface area contributed by atoms with E-state index in [0.29, 0.717) is 18.6 Å². The summed E-state index contributed by atoms with van der Waals surface area (Å²) in [6.45, 7) is 6.42. The molecule has 2 bridgehead atoms. The van der Waals surface area contributed by atoms with Crippen LogP contribution in [0, 0.1) is 27.6 Å². The lowest BCUT2D eigenvalue weighted by Gasteiger charge is -2.38. The Morgan fingerprint density at radius 1 is 1.36 bits per heavy atom. The molecule has 0 spiro atoms. The van der Waals surface area contributed by atoms with Gasteiger partial charge in [-0.1, -0.05) is 20.8 Å². The van der Waals surface area contributed by atoms with Crippen molar-refractivity contribution in [3.8, 4) is 6.07 Å². The zero-order valence-electron chi connectivity index (χ0n) is 9.18. The molecule has 2 heteroatoms. The summed E-state index contributed by atoms with van der Waals surface area (Å²) >= 11 is 0. The molecule has 2 nitrogen and oxygen atoms in total. The monoisotopic (exact) mass is 191 g/mol. The molecule has 0 radical (unpaired) electrons. The van der Waals surface area contributed by atoms with Gasteiger partial charge in [-0.05, 0) is 23.7 Å². The molecular formula is C12H17NO. The zero-order valence-corrected chi connectivity index (χ0v) is 9.18. The molecule has 2 atom stereocenters. The van der Waals surface area contributed by atoms with E-state index in [1.54, 1.807) is 0 Å². The molecule has 76 valence electrons. The second kappa shape index (κ2) is 2.39. The molecule has 0 saturated heterocycles. The van der Waals surface area contributed by atoms with Crippen LogP contribution in [-0.4, -0.2) is 5.78 Å². The number of nitrogens with zero attached hydrogens (tertiary/aromatic N) is 1. The van der Waals surface area contributed by atoms with Gasteiger partial charge in [0.05, 0.1) is 6.07 Å². The summed E-state index contributed by atoms with van der Waals surface area (Å²) in [7, 11) is 0. The van der Waals surface area contributed by atoms with Gasteiger partial charge < -0.3 is 0 Å². The van der Waals surface area contributed by atoms with Gasteiger partial charge in [-0.15, -0.1) is 0 Å². The van der Waals surface area contributed by atoms with E-state index < -0.39 is 0 Å². The van der Waals surface area contributed by atoms with Crippen molar-refractivity contribution < 1.29 is 4.79 Å². The van der Waals surface area contributed by atoms with E-state index >= 15 is 0 Å². The Labute approximate surface area is 85.3 Å². The SMILES string of the molecule is CC12CCC(CC#N)(CC1=O)C2(C)C. The summed E-state index contributed by atoms with van der Waals surface area (Å²) in [5, 5.41) is 8.88. The minimum atomic E-state index is -0.163. The second-order valence-electron chi connectivity index (χ2n) is 5.67. The van der Waals surface area contributed by atoms with Crippen molar-refractivity contribution in [2.24, 2.45) is 16.2 Å². The number of fused-ring (bicyclic) bond motifs is 2. The topological polar surface area (TPSA) is 40.9 Å². The number of hydrogen-bond acceptors (Lipinski definition) is 2. The van der Waals surface area contributed by atoms with Gasteiger partial charge in [-0.2, -0.15) is 5.26 Å². The lowest BCUT2D eigenvalue weighted by Crippen LogP contribution is -2.35. The third-order valence-electron chi connectivity index (χ3n) is 5.34. The lowest BCUT2D eigenvalue weighted by atomic mass is 9.64. The quantitative estimate of drug-likeness (QED) is 0.639. The van der Waals surface area contributed by atoms with Crippen LogP contribution in [0.15, 0.2) is 0 Å². The van der Waals surface area contributed by atoms with Gasteiger partial charge in [0, 0.05) is 18.3 Å². The predicted molar refractivity (Wildman–Crippen MR) is 53.4 cm³/mol. The Morgan fingerprint density at radius 3 is 2.36 bits per heavy atom. The molecule has 0 N–H and O–H groups in total. The normalized spacial score (nSPS) is 44.0. The van der Waals surface area contributed by atoms with Crippen LogP contribution in [0.5, 0.6) is 0 Å². The molecule has 2 unspecified atom stereocenters. The van der Waals surface area contributed by atoms with Gasteiger partial charge in [0.2, 0.25) is 0 Å². The van der Waals surface area contributed by atoms with Gasteiger partial charge in [0.15, 0.2) is 0 Å². The first-order chi connectivity index (χ1) is 6.40. The van der Waals surface area contributed by atoms with Gasteiger partial charge in [-0.25, -0.2) is 0 Å². The highest BCUT2D eigenvalue weighted by Crippen LogP contribution is 2.71. The fourth-order valence-electron chi connectivity index (χ4n) is 3.52. The molecule has 0 aromatic rings. The van der Waals surface area contributed by atoms with Crippen molar-refractivity contribution in [3.63, 3.8) is 0 Å². The van der Waals surface area contributed by atoms with Crippen LogP contribution in [0.25, 0.3) is 0 Å². The van der Waals surface area contributed by atoms with Crippen molar-refractivity contribution in [2.75, 3.05) is 0 Å². The summed E-state index contributed by atoms with van der Waals surface area (Å²) in [4.78, 5) is 11.9. The minimum absolute atomic E-state index is 0.00676. The highest BCUT2D eigenvalue weighted by atomic mass is 16.1. The van der Waals surface area contributed by atoms with Crippen molar-refractivity contribution >= 4 is 5.78 Å². The largest absolute Gasteiger partial charge is 0.299 e. The summed E-state index contributed by atoms with van der Waals surface area (Å²) < 4.78 is 0. The van der Waals surface area contributed by atoms with Crippen molar-refractivity contribution in [3.05, 3.63) is 0 Å². The predicted octanol–water partition coefficient (Wildman–Crippen LogP) is 2.69. The Balaban J connectivity index is 2.50. The van der Waals surface area contributed by atoms with Crippen LogP contribution in [-0.2, 0) is 4.79 Å². The van der Waals surface area contributed by atoms with E-state index in [1.165, 1.54) is 0 Å². The summed E-state index contributed by atoms with van der Waals surface area (Å²) in [6, 6.07) is 2.27. The molecule has 2 rings (SSSR count). The molecule has 2 aliphatic carbocycles. The molecule has 2 aliphatic rings. The fourth-order valence-corrected chi connectivity index (χ4v) is 3.52. The Hall–Kier alpha value is -0.840. The molecule has 2 fully saturated rings. The van der Waals surface area contributed by atoms with Crippen LogP contribution in [0.2, 0.25) is 0 Å². The molecule has 0 amide bonds. The molecule has 0 aliphatic heterocycles. The number of rotatable bonds is 1. The number of ketones is 1. The Morgan fingerprint density at radius 2 is 2.00 bits per heavy atom. The molecule has 0 aromatic carbocycles. The molecule has 0 heterocycles. The maximum Gasteiger partial charge on any atom is 0.139 e. The highest BCUT2D eigenvalue weighted by Gasteiger charge is 2.69. The van der Waals surface area contributed by atoms with Crippen LogP contribution >= 0.6 is 0 Å². The van der Waals surface area contributed by atoms with Crippen LogP contribution < -0.4 is 0 Å². The number of carbonyl (C=O) groups excluding carboxylic acids is 1. The van der Waals surface area contributed by atoms with Crippen molar-refractivity contribution in [1.82, 2.24) is 0 Å². The zero-order chi connectivity index (χ0) is 10.6. The van der Waals surface area contributed by atoms with Gasteiger partial charge in [-0.3, -0.25) is 4.79 Å². The number of carbonyl (C=O) groups is 1. The average molecular weight is 191 g/mol. The van der Waals surface area contributed by atoms with Crippen LogP contribution in [0.3, 0.4) is 0 Å². The Kier molecular flexibility index (Phi) is 1.66. The first kappa shape index (κ1) is 9.71. The van der Waals surface area contributed by atoms with Crippen molar-refractivity contribution in [1.29, 1.82) is 5.26 Å². The third-order valence-corrected chi connectivity index (χ3v) is 5.34. The van der Waals surface area contributed by atoms with Crippen LogP contribution in [0.4, 0.5) is 0 Å². The lowest BCUT2D eigenvalue weighted by molar-refractivity contribution is -0.128. The second-order valence-corrected chi connectivity index (χ2v) is 5.67. The van der Waals surface area contributed by atoms with E-state index in [9.17, 15) is 4.79 Å². The number of nitriles is 1. The van der Waals surface area contributed by atoms with Crippen molar-refractivity contribution in [2.45, 2.75) is 46.5 Å². The first-order valence-electron chi connectivity index (χ1n) is 5.30. The average Bonchev–Trinajstić information content (AvgIpc) is 2.35. The van der Waals surface area contributed by atoms with E-state index in [4.69, 9.17) is 5.26 Å². The molecular weight excluding hydrogens is 174 g/mol. The standard InChI is InChI=1S/C12H17NO/c1-10(2)11(3)4-5-12(10,6-7-13)8-9(11)14/h4-6,8H2,1-3H3. The fraction of sp³-hybridized carbons (Fsp3) is 0.833. The number of hydrogen-bond donors (Lipinski definition) is 0. The van der Waals surface area contributed by atoms with Gasteiger partial charge >= 0.3 is 0 Å². The maximum atomic E-state index is 11.9. The summed E-state index contributed by atoms with van der Waals surface area (Å²) in [5.41, 5.74) is -0.176. The smallest absolute Gasteiger partial charge is 0.139 e. The van der Waals surface area contributed by atoms with E-state index in [-0.39, 0.29) is 16.2 Å². The molecule has 14 heavy (non-hydrogen) atoms. The van der Waals surface area contributed by atoms with Crippen LogP contribution in [0.1, 0.15) is 46.5 Å². The highest BCUT2D eigenvalue weighted by molar-refractivity contribution is 5.90. The molecule has 0 aromatic heterocycles. The van der Waals surface area contributed by atoms with Gasteiger partial charge in [0.1, 0.15) is 5.78 Å². The maximum absolute atomic E-state index is 11.9. The van der Waals surface area contributed by atoms with Gasteiger partial charge in [0.25, 0.3) is 0 Å². The molecule has 2 saturated carbocycles. The van der Waals surface area contributed by atoms with E-state index in [1.807, 2.05) is 0 Å². The summed E-state index contributed by atoms with van der Waals surface area (Å²) in [6.07, 6.45) is 3.20. The minimum Gasteiger partial charge on any atom is -0.299 e. The Bertz CT molecular complexity index is 339. The third kappa shape index (κ3) is 0.751. The summed E-state index contributed by atoms with van der Waals surface area (Å²) in [5.74, 6) is 0.379. The van der Waals surface area contributed by atoms with E-state index in [2.05, 4.69) is 26.8 Å². The number of Topliss-reactive ketones (excluding diaryl/α,β-unsaturated/α-hetero) is 1. The first-order valence-corrected chi connectivity index (χ1v) is 5.30.